The van der Waals surface area contributed by atoms with Gasteiger partial charge in [-0.05, 0) is 32.2 Å². The van der Waals surface area contributed by atoms with E-state index in [1.807, 2.05) is 13.8 Å². The number of nitrogens with zero attached hydrogens (tertiary/aromatic N) is 2. The van der Waals surface area contributed by atoms with Crippen LogP contribution in [0.5, 0.6) is 0 Å². The number of hydrogen-bond acceptors (Lipinski definition) is 4. The van der Waals surface area contributed by atoms with Gasteiger partial charge in [-0.3, -0.25) is 4.90 Å². The van der Waals surface area contributed by atoms with Crippen LogP contribution >= 0.6 is 0 Å². The Morgan fingerprint density at radius 1 is 1.00 bits per heavy atom. The van der Waals surface area contributed by atoms with Crippen molar-refractivity contribution in [3.8, 4) is 0 Å². The van der Waals surface area contributed by atoms with Crippen molar-refractivity contribution in [3.63, 3.8) is 0 Å². The molecule has 108 valence electrons. The molecule has 0 saturated carbocycles. The van der Waals surface area contributed by atoms with Gasteiger partial charge in [0, 0.05) is 39.3 Å². The Labute approximate surface area is 112 Å². The first kappa shape index (κ1) is 15.9. The van der Waals surface area contributed by atoms with Crippen LogP contribution in [0, 0.1) is 5.41 Å². The van der Waals surface area contributed by atoms with Crippen LogP contribution in [-0.4, -0.2) is 66.3 Å². The Morgan fingerprint density at radius 3 is 1.78 bits per heavy atom. The molecule has 0 bridgehead atoms. The zero-order valence-corrected chi connectivity index (χ0v) is 12.6. The molecule has 1 unspecified atom stereocenters. The third-order valence-electron chi connectivity index (χ3n) is 4.03. The fourth-order valence-corrected chi connectivity index (χ4v) is 2.51. The second-order valence-electron chi connectivity index (χ2n) is 6.73. The lowest BCUT2D eigenvalue weighted by molar-refractivity contribution is 0.0118. The topological polar surface area (TPSA) is 52.7 Å². The van der Waals surface area contributed by atoms with Crippen LogP contribution in [-0.2, 0) is 0 Å². The minimum absolute atomic E-state index is 0.248. The van der Waals surface area contributed by atoms with Crippen LogP contribution in [0.2, 0.25) is 0 Å². The lowest BCUT2D eigenvalue weighted by Crippen LogP contribution is -2.53. The third-order valence-corrected chi connectivity index (χ3v) is 4.03. The zero-order valence-electron chi connectivity index (χ0n) is 12.6. The molecule has 0 aromatic heterocycles. The van der Waals surface area contributed by atoms with Gasteiger partial charge in [0.2, 0.25) is 0 Å². The Bertz CT molecular complexity index is 238. The Kier molecular flexibility index (Phi) is 5.59. The second kappa shape index (κ2) is 6.33. The summed E-state index contributed by atoms with van der Waals surface area (Å²) in [5, 5.41) is 9.83. The molecule has 1 atom stereocenters. The number of β-amino-alcohol motifs (C(OH)–C–C–N with tert-alkyl or cyclic N) is 1. The van der Waals surface area contributed by atoms with Crippen molar-refractivity contribution >= 4 is 0 Å². The summed E-state index contributed by atoms with van der Waals surface area (Å²) >= 11 is 0. The maximum Gasteiger partial charge on any atom is 0.0718 e. The van der Waals surface area contributed by atoms with Crippen molar-refractivity contribution in [1.82, 2.24) is 9.80 Å². The van der Waals surface area contributed by atoms with Crippen LogP contribution in [0.15, 0.2) is 0 Å². The number of hydrogen-bond donors (Lipinski definition) is 2. The van der Waals surface area contributed by atoms with E-state index in [2.05, 4.69) is 23.6 Å². The van der Waals surface area contributed by atoms with E-state index in [9.17, 15) is 5.11 Å². The SMILES string of the molecule is CCC(C)(CN)CN1CCN(CC(C)(C)O)CC1. The van der Waals surface area contributed by atoms with Crippen LogP contribution in [0.4, 0.5) is 0 Å². The lowest BCUT2D eigenvalue weighted by Gasteiger charge is -2.41. The lowest BCUT2D eigenvalue weighted by atomic mass is 9.87. The molecule has 0 radical (unpaired) electrons. The van der Waals surface area contributed by atoms with Crippen molar-refractivity contribution in [2.45, 2.75) is 39.7 Å². The maximum absolute atomic E-state index is 9.83. The van der Waals surface area contributed by atoms with E-state index in [4.69, 9.17) is 5.73 Å². The summed E-state index contributed by atoms with van der Waals surface area (Å²) in [6, 6.07) is 0. The molecule has 1 aliphatic rings. The number of rotatable bonds is 6. The van der Waals surface area contributed by atoms with E-state index in [-0.39, 0.29) is 5.41 Å². The number of piperazine rings is 1. The molecule has 0 amide bonds. The smallest absolute Gasteiger partial charge is 0.0718 e. The van der Waals surface area contributed by atoms with Gasteiger partial charge in [0.15, 0.2) is 0 Å². The van der Waals surface area contributed by atoms with Crippen molar-refractivity contribution in [2.75, 3.05) is 45.8 Å². The average molecular weight is 257 g/mol. The van der Waals surface area contributed by atoms with Gasteiger partial charge in [0.25, 0.3) is 0 Å². The average Bonchev–Trinajstić information content (AvgIpc) is 2.30. The molecule has 4 nitrogen and oxygen atoms in total. The quantitative estimate of drug-likeness (QED) is 0.737. The predicted molar refractivity (Wildman–Crippen MR) is 76.6 cm³/mol. The first-order chi connectivity index (χ1) is 8.28. The van der Waals surface area contributed by atoms with Crippen LogP contribution in [0.1, 0.15) is 34.1 Å². The molecule has 18 heavy (non-hydrogen) atoms. The molecule has 1 saturated heterocycles. The van der Waals surface area contributed by atoms with E-state index < -0.39 is 5.60 Å². The number of aliphatic hydroxyl groups is 1. The minimum atomic E-state index is -0.586. The van der Waals surface area contributed by atoms with Crippen molar-refractivity contribution in [1.29, 1.82) is 0 Å². The molecule has 0 aromatic rings. The van der Waals surface area contributed by atoms with Gasteiger partial charge in [0.05, 0.1) is 5.60 Å². The summed E-state index contributed by atoms with van der Waals surface area (Å²) in [5.41, 5.74) is 5.54. The molecule has 1 aliphatic heterocycles. The molecular weight excluding hydrogens is 226 g/mol. The highest BCUT2D eigenvalue weighted by molar-refractivity contribution is 4.83. The van der Waals surface area contributed by atoms with Crippen LogP contribution < -0.4 is 5.73 Å². The Morgan fingerprint density at radius 2 is 1.44 bits per heavy atom. The van der Waals surface area contributed by atoms with Crippen LogP contribution in [0.25, 0.3) is 0 Å². The molecule has 3 N–H and O–H groups in total. The third kappa shape index (κ3) is 5.22. The van der Waals surface area contributed by atoms with Gasteiger partial charge >= 0.3 is 0 Å². The first-order valence-electron chi connectivity index (χ1n) is 7.15. The van der Waals surface area contributed by atoms with Gasteiger partial charge in [-0.15, -0.1) is 0 Å². The van der Waals surface area contributed by atoms with Gasteiger partial charge in [-0.2, -0.15) is 0 Å². The summed E-state index contributed by atoms with van der Waals surface area (Å²) in [4.78, 5) is 4.86. The van der Waals surface area contributed by atoms with E-state index >= 15 is 0 Å². The highest BCUT2D eigenvalue weighted by Crippen LogP contribution is 2.21. The highest BCUT2D eigenvalue weighted by Gasteiger charge is 2.27. The highest BCUT2D eigenvalue weighted by atomic mass is 16.3. The summed E-state index contributed by atoms with van der Waals surface area (Å²) in [6.45, 7) is 15.1. The zero-order chi connectivity index (χ0) is 13.8. The standard InChI is InChI=1S/C14H31N3O/c1-5-14(4,10-15)12-17-8-6-16(7-9-17)11-13(2,3)18/h18H,5-12,15H2,1-4H3. The molecule has 1 heterocycles. The molecule has 1 rings (SSSR count). The summed E-state index contributed by atoms with van der Waals surface area (Å²) in [7, 11) is 0. The largest absolute Gasteiger partial charge is 0.389 e. The van der Waals surface area contributed by atoms with Gasteiger partial charge < -0.3 is 15.7 Å². The van der Waals surface area contributed by atoms with E-state index in [0.717, 1.165) is 52.2 Å². The molecule has 1 fully saturated rings. The Balaban J connectivity index is 2.35. The van der Waals surface area contributed by atoms with E-state index in [1.54, 1.807) is 0 Å². The van der Waals surface area contributed by atoms with Gasteiger partial charge in [0.1, 0.15) is 0 Å². The predicted octanol–water partition coefficient (Wildman–Crippen LogP) is 0.750. The molecular formula is C14H31N3O. The van der Waals surface area contributed by atoms with E-state index in [1.165, 1.54) is 0 Å². The van der Waals surface area contributed by atoms with Crippen molar-refractivity contribution < 1.29 is 5.11 Å². The van der Waals surface area contributed by atoms with Gasteiger partial charge in [-0.1, -0.05) is 13.8 Å². The maximum atomic E-state index is 9.83. The minimum Gasteiger partial charge on any atom is -0.389 e. The summed E-state index contributed by atoms with van der Waals surface area (Å²) in [5.74, 6) is 0. The Hall–Kier alpha value is -0.160. The van der Waals surface area contributed by atoms with Gasteiger partial charge in [-0.25, -0.2) is 0 Å². The van der Waals surface area contributed by atoms with Crippen LogP contribution in [0.3, 0.4) is 0 Å². The summed E-state index contributed by atoms with van der Waals surface area (Å²) in [6.07, 6.45) is 1.13. The first-order valence-corrected chi connectivity index (χ1v) is 7.15. The number of nitrogens with two attached hydrogens (primary N) is 1. The fourth-order valence-electron chi connectivity index (χ4n) is 2.51. The fraction of sp³-hybridized carbons (Fsp3) is 1.00. The van der Waals surface area contributed by atoms with Crippen molar-refractivity contribution in [2.24, 2.45) is 11.1 Å². The second-order valence-corrected chi connectivity index (χ2v) is 6.73. The summed E-state index contributed by atoms with van der Waals surface area (Å²) < 4.78 is 0. The monoisotopic (exact) mass is 257 g/mol. The normalized spacial score (nSPS) is 23.0. The van der Waals surface area contributed by atoms with E-state index in [0.29, 0.717) is 0 Å². The molecule has 0 spiro atoms. The molecule has 0 aliphatic carbocycles. The molecule has 0 aromatic carbocycles. The van der Waals surface area contributed by atoms with Crippen molar-refractivity contribution in [3.05, 3.63) is 0 Å². The molecule has 4 heteroatoms.